The maximum atomic E-state index is 12.1. The minimum atomic E-state index is -4.52. The molecule has 1 heterocycles. The Labute approximate surface area is 124 Å². The zero-order valence-corrected chi connectivity index (χ0v) is 11.8. The molecule has 0 radical (unpaired) electrons. The number of rotatable bonds is 6. The molecule has 1 aromatic heterocycles. The molecule has 0 fully saturated rings. The maximum absolute atomic E-state index is 12.1. The van der Waals surface area contributed by atoms with Crippen molar-refractivity contribution in [2.24, 2.45) is 5.92 Å². The normalized spacial score (nSPS) is 12.8. The van der Waals surface area contributed by atoms with Crippen molar-refractivity contribution in [3.05, 3.63) is 23.9 Å². The molecule has 6 nitrogen and oxygen atoms in total. The predicted molar refractivity (Wildman–Crippen MR) is 69.5 cm³/mol. The van der Waals surface area contributed by atoms with Gasteiger partial charge in [0.25, 0.3) is 5.91 Å². The van der Waals surface area contributed by atoms with E-state index in [1.807, 2.05) is 0 Å². The monoisotopic (exact) mass is 320 g/mol. The quantitative estimate of drug-likeness (QED) is 0.835. The Morgan fingerprint density at radius 2 is 2.05 bits per heavy atom. The smallest absolute Gasteiger partial charge is 0.422 e. The number of nitrogens with one attached hydrogen (secondary N) is 1. The molecular formula is C13H15F3N2O4. The maximum Gasteiger partial charge on any atom is 0.422 e. The van der Waals surface area contributed by atoms with Crippen LogP contribution in [-0.4, -0.2) is 40.8 Å². The van der Waals surface area contributed by atoms with Crippen molar-refractivity contribution in [3.63, 3.8) is 0 Å². The minimum Gasteiger partial charge on any atom is -0.480 e. The van der Waals surface area contributed by atoms with Crippen molar-refractivity contribution in [1.29, 1.82) is 0 Å². The van der Waals surface area contributed by atoms with Crippen LogP contribution in [-0.2, 0) is 4.79 Å². The Kier molecular flexibility index (Phi) is 5.72. The van der Waals surface area contributed by atoms with Crippen molar-refractivity contribution in [2.75, 3.05) is 6.61 Å². The largest absolute Gasteiger partial charge is 0.480 e. The van der Waals surface area contributed by atoms with Gasteiger partial charge in [-0.25, -0.2) is 9.78 Å². The average molecular weight is 320 g/mol. The standard InChI is InChI=1S/C13H15F3N2O4/c1-7(2)10(12(20)21)18-11(19)8-3-4-17-9(5-8)22-6-13(14,15)16/h3-5,7,10H,6H2,1-2H3,(H,18,19)(H,20,21)/t10-/m1/s1. The summed E-state index contributed by atoms with van der Waals surface area (Å²) in [7, 11) is 0. The number of halogens is 3. The number of hydrogen-bond acceptors (Lipinski definition) is 4. The summed E-state index contributed by atoms with van der Waals surface area (Å²) in [5.41, 5.74) is -0.0425. The Morgan fingerprint density at radius 1 is 1.41 bits per heavy atom. The van der Waals surface area contributed by atoms with Gasteiger partial charge in [-0.15, -0.1) is 0 Å². The van der Waals surface area contributed by atoms with Crippen molar-refractivity contribution in [3.8, 4) is 5.88 Å². The lowest BCUT2D eigenvalue weighted by Crippen LogP contribution is -2.44. The van der Waals surface area contributed by atoms with Gasteiger partial charge in [0.2, 0.25) is 5.88 Å². The third-order valence-corrected chi connectivity index (χ3v) is 2.60. The van der Waals surface area contributed by atoms with Gasteiger partial charge in [-0.1, -0.05) is 13.8 Å². The van der Waals surface area contributed by atoms with E-state index >= 15 is 0 Å². The van der Waals surface area contributed by atoms with Crippen LogP contribution in [0.2, 0.25) is 0 Å². The van der Waals surface area contributed by atoms with Gasteiger partial charge in [-0.2, -0.15) is 13.2 Å². The number of pyridine rings is 1. The van der Waals surface area contributed by atoms with Crippen LogP contribution < -0.4 is 10.1 Å². The molecule has 1 amide bonds. The summed E-state index contributed by atoms with van der Waals surface area (Å²) < 4.78 is 40.6. The lowest BCUT2D eigenvalue weighted by Gasteiger charge is -2.18. The summed E-state index contributed by atoms with van der Waals surface area (Å²) in [6, 6.07) is 1.15. The second kappa shape index (κ2) is 7.10. The zero-order chi connectivity index (χ0) is 16.9. The topological polar surface area (TPSA) is 88.5 Å². The number of ether oxygens (including phenoxy) is 1. The summed E-state index contributed by atoms with van der Waals surface area (Å²) in [5, 5.41) is 11.3. The average Bonchev–Trinajstić information content (AvgIpc) is 2.41. The summed E-state index contributed by atoms with van der Waals surface area (Å²) >= 11 is 0. The molecule has 0 aliphatic carbocycles. The molecule has 0 spiro atoms. The molecule has 0 aliphatic heterocycles. The number of carboxylic acids is 1. The highest BCUT2D eigenvalue weighted by atomic mass is 19.4. The number of carbonyl (C=O) groups is 2. The minimum absolute atomic E-state index is 0.0425. The number of hydrogen-bond donors (Lipinski definition) is 2. The fraction of sp³-hybridized carbons (Fsp3) is 0.462. The van der Waals surface area contributed by atoms with Crippen LogP contribution in [0.5, 0.6) is 5.88 Å². The Bertz CT molecular complexity index is 546. The number of aromatic nitrogens is 1. The SMILES string of the molecule is CC(C)[C@@H](NC(=O)c1ccnc(OCC(F)(F)F)c1)C(=O)O. The van der Waals surface area contributed by atoms with Gasteiger partial charge in [-0.05, 0) is 12.0 Å². The molecule has 2 N–H and O–H groups in total. The fourth-order valence-electron chi connectivity index (χ4n) is 1.52. The summed E-state index contributed by atoms with van der Waals surface area (Å²) in [6.45, 7) is 1.70. The van der Waals surface area contributed by atoms with Gasteiger partial charge >= 0.3 is 12.1 Å². The molecular weight excluding hydrogens is 305 g/mol. The van der Waals surface area contributed by atoms with Crippen LogP contribution in [0.4, 0.5) is 13.2 Å². The van der Waals surface area contributed by atoms with E-state index in [0.29, 0.717) is 0 Å². The number of amides is 1. The Morgan fingerprint density at radius 3 is 2.55 bits per heavy atom. The first-order valence-electron chi connectivity index (χ1n) is 6.29. The van der Waals surface area contributed by atoms with Crippen LogP contribution >= 0.6 is 0 Å². The molecule has 9 heteroatoms. The molecule has 0 saturated heterocycles. The second-order valence-electron chi connectivity index (χ2n) is 4.82. The summed E-state index contributed by atoms with van der Waals surface area (Å²) in [5.74, 6) is -2.67. The third kappa shape index (κ3) is 5.58. The first-order valence-corrected chi connectivity index (χ1v) is 6.29. The van der Waals surface area contributed by atoms with E-state index in [1.165, 1.54) is 6.07 Å². The third-order valence-electron chi connectivity index (χ3n) is 2.60. The number of carbonyl (C=O) groups excluding carboxylic acids is 1. The van der Waals surface area contributed by atoms with Gasteiger partial charge in [-0.3, -0.25) is 4.79 Å². The number of alkyl halides is 3. The summed E-state index contributed by atoms with van der Waals surface area (Å²) in [4.78, 5) is 26.5. The van der Waals surface area contributed by atoms with Gasteiger partial charge in [0.05, 0.1) is 0 Å². The number of nitrogens with zero attached hydrogens (tertiary/aromatic N) is 1. The lowest BCUT2D eigenvalue weighted by molar-refractivity contribution is -0.154. The summed E-state index contributed by atoms with van der Waals surface area (Å²) in [6.07, 6.45) is -3.42. The molecule has 0 aromatic carbocycles. The van der Waals surface area contributed by atoms with Crippen LogP contribution in [0.1, 0.15) is 24.2 Å². The molecule has 1 rings (SSSR count). The lowest BCUT2D eigenvalue weighted by atomic mass is 10.0. The van der Waals surface area contributed by atoms with Crippen molar-refractivity contribution >= 4 is 11.9 Å². The fourth-order valence-corrected chi connectivity index (χ4v) is 1.52. The highest BCUT2D eigenvalue weighted by Crippen LogP contribution is 2.17. The first-order chi connectivity index (χ1) is 10.1. The second-order valence-corrected chi connectivity index (χ2v) is 4.82. The van der Waals surface area contributed by atoms with E-state index in [2.05, 4.69) is 15.0 Å². The molecule has 22 heavy (non-hydrogen) atoms. The highest BCUT2D eigenvalue weighted by molar-refractivity contribution is 5.96. The molecule has 0 bridgehead atoms. The number of aliphatic carboxylic acids is 1. The van der Waals surface area contributed by atoms with E-state index < -0.39 is 30.7 Å². The highest BCUT2D eigenvalue weighted by Gasteiger charge is 2.29. The van der Waals surface area contributed by atoms with Crippen LogP contribution in [0.25, 0.3) is 0 Å². The Balaban J connectivity index is 2.80. The van der Waals surface area contributed by atoms with E-state index in [-0.39, 0.29) is 17.4 Å². The Hall–Kier alpha value is -2.32. The van der Waals surface area contributed by atoms with E-state index in [0.717, 1.165) is 12.3 Å². The van der Waals surface area contributed by atoms with Gasteiger partial charge in [0.15, 0.2) is 6.61 Å². The molecule has 1 aromatic rings. The molecule has 0 unspecified atom stereocenters. The van der Waals surface area contributed by atoms with E-state index in [1.54, 1.807) is 13.8 Å². The molecule has 0 saturated carbocycles. The van der Waals surface area contributed by atoms with Crippen LogP contribution in [0.3, 0.4) is 0 Å². The van der Waals surface area contributed by atoms with E-state index in [4.69, 9.17) is 5.11 Å². The van der Waals surface area contributed by atoms with Gasteiger partial charge in [0, 0.05) is 17.8 Å². The van der Waals surface area contributed by atoms with E-state index in [9.17, 15) is 22.8 Å². The van der Waals surface area contributed by atoms with Crippen LogP contribution in [0, 0.1) is 5.92 Å². The molecule has 122 valence electrons. The predicted octanol–water partition coefficient (Wildman–Crippen LogP) is 1.86. The first kappa shape index (κ1) is 17.7. The van der Waals surface area contributed by atoms with Gasteiger partial charge < -0.3 is 15.2 Å². The van der Waals surface area contributed by atoms with Crippen molar-refractivity contribution < 1.29 is 32.6 Å². The van der Waals surface area contributed by atoms with Crippen LogP contribution in [0.15, 0.2) is 18.3 Å². The zero-order valence-electron chi connectivity index (χ0n) is 11.8. The molecule has 0 aliphatic rings. The number of carboxylic acid groups (broad SMARTS) is 1. The van der Waals surface area contributed by atoms with Gasteiger partial charge in [0.1, 0.15) is 6.04 Å². The van der Waals surface area contributed by atoms with Crippen molar-refractivity contribution in [2.45, 2.75) is 26.1 Å². The molecule has 1 atom stereocenters. The van der Waals surface area contributed by atoms with Crippen molar-refractivity contribution in [1.82, 2.24) is 10.3 Å².